The lowest BCUT2D eigenvalue weighted by molar-refractivity contribution is -0.323. The molecule has 1 N–H and O–H groups in total. The van der Waals surface area contributed by atoms with Crippen LogP contribution in [0.3, 0.4) is 0 Å². The zero-order valence-corrected chi connectivity index (χ0v) is 27.8. The van der Waals surface area contributed by atoms with Crippen LogP contribution in [0.2, 0.25) is 18.1 Å². The van der Waals surface area contributed by atoms with Crippen molar-refractivity contribution in [2.24, 2.45) is 11.8 Å². The molecule has 226 valence electrons. The molecule has 2 aliphatic heterocycles. The fraction of sp³-hybridized carbons (Fsp3) is 0.867. The van der Waals surface area contributed by atoms with Crippen molar-refractivity contribution in [2.75, 3.05) is 20.4 Å². The molecule has 1 unspecified atom stereocenters. The number of rotatable bonds is 13. The second kappa shape index (κ2) is 13.3. The number of aliphatic hydroxyl groups is 1. The van der Waals surface area contributed by atoms with Gasteiger partial charge in [0.05, 0.1) is 12.2 Å². The van der Waals surface area contributed by atoms with E-state index in [2.05, 4.69) is 65.9 Å². The Morgan fingerprint density at radius 2 is 1.82 bits per heavy atom. The quantitative estimate of drug-likeness (QED) is 0.103. The van der Waals surface area contributed by atoms with Gasteiger partial charge in [-0.3, -0.25) is 4.57 Å². The lowest BCUT2D eigenvalue weighted by Crippen LogP contribution is -2.62. The third kappa shape index (κ3) is 7.95. The molecule has 7 atom stereocenters. The number of allylic oxidation sites excluding steroid dienone is 1. The summed E-state index contributed by atoms with van der Waals surface area (Å²) in [4.78, 5) is 0. The molecule has 0 amide bonds. The van der Waals surface area contributed by atoms with Crippen LogP contribution < -0.4 is 0 Å². The third-order valence-corrected chi connectivity index (χ3v) is 15.9. The van der Waals surface area contributed by atoms with E-state index in [0.717, 1.165) is 24.8 Å². The lowest BCUT2D eigenvalue weighted by Gasteiger charge is -2.51. The number of hydrogen-bond donors (Lipinski definition) is 1. The van der Waals surface area contributed by atoms with E-state index >= 15 is 0 Å². The molecule has 0 spiro atoms. The Kier molecular flexibility index (Phi) is 11.3. The van der Waals surface area contributed by atoms with E-state index in [1.807, 2.05) is 0 Å². The van der Waals surface area contributed by atoms with Crippen molar-refractivity contribution < 1.29 is 32.6 Å². The van der Waals surface area contributed by atoms with Gasteiger partial charge < -0.3 is 28.1 Å². The highest BCUT2D eigenvalue weighted by atomic mass is 31.2. The largest absolute Gasteiger partial charge is 0.414 e. The standard InChI is InChI=1S/C30H55O7PSi/c1-10-11-12-13-14-15-16-17-26-22(2)18-25-24-19-23(37-39(8,9)29(3,4)5)20-27(24)36-30(31,28(25)35-26)21-38(32,33-6)34-7/h16-18,23-28,31H,10-15,19-21H2,1-9H3/b17-16+/t23-,24+,25+,26+,27-,28+,30?/m0/s1. The molecule has 0 aromatic carbocycles. The molecule has 0 radical (unpaired) electrons. The van der Waals surface area contributed by atoms with Gasteiger partial charge in [-0.05, 0) is 62.2 Å². The van der Waals surface area contributed by atoms with Crippen LogP contribution in [0, 0.1) is 11.8 Å². The van der Waals surface area contributed by atoms with E-state index in [0.29, 0.717) is 6.42 Å². The molecule has 3 aliphatic rings. The highest BCUT2D eigenvalue weighted by Gasteiger charge is 2.61. The molecule has 39 heavy (non-hydrogen) atoms. The first-order valence-electron chi connectivity index (χ1n) is 15.0. The van der Waals surface area contributed by atoms with Gasteiger partial charge in [0.2, 0.25) is 5.79 Å². The van der Waals surface area contributed by atoms with Crippen LogP contribution in [0.4, 0.5) is 0 Å². The number of hydrogen-bond acceptors (Lipinski definition) is 7. The maximum Gasteiger partial charge on any atom is 0.335 e. The first-order chi connectivity index (χ1) is 18.2. The summed E-state index contributed by atoms with van der Waals surface area (Å²) < 4.78 is 43.5. The normalized spacial score (nSPS) is 33.7. The Balaban J connectivity index is 1.83. The number of ether oxygens (including phenoxy) is 2. The Hall–Kier alpha value is -0.313. The second-order valence-corrected chi connectivity index (χ2v) is 20.4. The van der Waals surface area contributed by atoms with Gasteiger partial charge >= 0.3 is 7.60 Å². The smallest absolute Gasteiger partial charge is 0.335 e. The van der Waals surface area contributed by atoms with Crippen molar-refractivity contribution in [3.8, 4) is 0 Å². The molecule has 1 saturated carbocycles. The fourth-order valence-electron chi connectivity index (χ4n) is 6.03. The summed E-state index contributed by atoms with van der Waals surface area (Å²) in [5.41, 5.74) is 1.14. The maximum atomic E-state index is 13.2. The predicted octanol–water partition coefficient (Wildman–Crippen LogP) is 7.61. The summed E-state index contributed by atoms with van der Waals surface area (Å²) in [6.45, 7) is 15.6. The number of fused-ring (bicyclic) bond motifs is 3. The minimum absolute atomic E-state index is 0.0552. The van der Waals surface area contributed by atoms with Crippen LogP contribution in [0.15, 0.2) is 23.8 Å². The lowest BCUT2D eigenvalue weighted by atomic mass is 9.76. The summed E-state index contributed by atoms with van der Waals surface area (Å²) in [6.07, 6.45) is 13.9. The van der Waals surface area contributed by atoms with E-state index in [1.54, 1.807) is 0 Å². The first-order valence-corrected chi connectivity index (χ1v) is 19.6. The van der Waals surface area contributed by atoms with Gasteiger partial charge in [-0.1, -0.05) is 71.6 Å². The van der Waals surface area contributed by atoms with Gasteiger partial charge in [0.15, 0.2) is 8.32 Å². The highest BCUT2D eigenvalue weighted by molar-refractivity contribution is 7.53. The van der Waals surface area contributed by atoms with Crippen LogP contribution in [-0.2, 0) is 27.5 Å². The highest BCUT2D eigenvalue weighted by Crippen LogP contribution is 2.56. The van der Waals surface area contributed by atoms with E-state index in [9.17, 15) is 9.67 Å². The topological polar surface area (TPSA) is 83.5 Å². The minimum atomic E-state index is -3.58. The van der Waals surface area contributed by atoms with Crippen LogP contribution in [-0.4, -0.2) is 64.0 Å². The van der Waals surface area contributed by atoms with Crippen LogP contribution in [0.1, 0.15) is 86.0 Å². The molecule has 0 aromatic rings. The summed E-state index contributed by atoms with van der Waals surface area (Å²) in [6, 6.07) is 0. The van der Waals surface area contributed by atoms with Crippen molar-refractivity contribution in [1.29, 1.82) is 0 Å². The Morgan fingerprint density at radius 1 is 1.15 bits per heavy atom. The van der Waals surface area contributed by atoms with Crippen molar-refractivity contribution in [3.63, 3.8) is 0 Å². The molecule has 1 saturated heterocycles. The third-order valence-electron chi connectivity index (χ3n) is 9.38. The maximum absolute atomic E-state index is 13.2. The van der Waals surface area contributed by atoms with Gasteiger partial charge in [-0.15, -0.1) is 0 Å². The average molecular weight is 587 g/mol. The van der Waals surface area contributed by atoms with Crippen molar-refractivity contribution in [2.45, 2.75) is 134 Å². The van der Waals surface area contributed by atoms with Crippen LogP contribution in [0.5, 0.6) is 0 Å². The first kappa shape index (κ1) is 33.2. The number of unbranched alkanes of at least 4 members (excludes halogenated alkanes) is 5. The van der Waals surface area contributed by atoms with E-state index in [-0.39, 0.29) is 41.3 Å². The van der Waals surface area contributed by atoms with Crippen LogP contribution >= 0.6 is 7.60 Å². The fourth-order valence-corrected chi connectivity index (χ4v) is 8.63. The van der Waals surface area contributed by atoms with E-state index in [1.165, 1.54) is 39.9 Å². The average Bonchev–Trinajstić information content (AvgIpc) is 3.24. The molecule has 2 heterocycles. The zero-order chi connectivity index (χ0) is 29.1. The molecular formula is C30H55O7PSi. The van der Waals surface area contributed by atoms with Gasteiger partial charge in [-0.2, -0.15) is 0 Å². The summed E-state index contributed by atoms with van der Waals surface area (Å²) in [5.74, 6) is -1.74. The summed E-state index contributed by atoms with van der Waals surface area (Å²) in [7, 11) is -2.87. The second-order valence-electron chi connectivity index (χ2n) is 13.4. The Bertz CT molecular complexity index is 905. The summed E-state index contributed by atoms with van der Waals surface area (Å²) >= 11 is 0. The Labute approximate surface area is 238 Å². The van der Waals surface area contributed by atoms with Crippen LogP contribution in [0.25, 0.3) is 0 Å². The minimum Gasteiger partial charge on any atom is -0.414 e. The monoisotopic (exact) mass is 586 g/mol. The molecular weight excluding hydrogens is 531 g/mol. The van der Waals surface area contributed by atoms with Crippen molar-refractivity contribution in [1.82, 2.24) is 0 Å². The molecule has 2 fully saturated rings. The van der Waals surface area contributed by atoms with Gasteiger partial charge in [-0.25, -0.2) is 0 Å². The summed E-state index contributed by atoms with van der Waals surface area (Å²) in [5, 5.41) is 12.1. The van der Waals surface area contributed by atoms with Gasteiger partial charge in [0.1, 0.15) is 12.3 Å². The van der Waals surface area contributed by atoms with Crippen molar-refractivity contribution in [3.05, 3.63) is 23.8 Å². The van der Waals surface area contributed by atoms with Gasteiger partial charge in [0.25, 0.3) is 0 Å². The molecule has 0 aromatic heterocycles. The molecule has 3 rings (SSSR count). The van der Waals surface area contributed by atoms with E-state index in [4.69, 9.17) is 22.9 Å². The van der Waals surface area contributed by atoms with E-state index < -0.39 is 27.8 Å². The van der Waals surface area contributed by atoms with Gasteiger partial charge in [0, 0.05) is 26.2 Å². The molecule has 9 heteroatoms. The Morgan fingerprint density at radius 3 is 2.44 bits per heavy atom. The SMILES string of the molecule is CCCCCCC/C=C/[C@H]1O[C@@H]2[C@H](C=C1C)[C@H]1C[C@H](O[Si](C)(C)C(C)(C)C)C[C@@H]1OC2(O)CP(=O)(OC)OC. The molecule has 7 nitrogen and oxygen atoms in total. The molecule has 0 bridgehead atoms. The predicted molar refractivity (Wildman–Crippen MR) is 160 cm³/mol. The zero-order valence-electron chi connectivity index (χ0n) is 25.9. The van der Waals surface area contributed by atoms with Crippen molar-refractivity contribution >= 4 is 15.9 Å². The molecule has 1 aliphatic carbocycles.